The Morgan fingerprint density at radius 1 is 1.21 bits per heavy atom. The van der Waals surface area contributed by atoms with Crippen LogP contribution in [-0.4, -0.2) is 30.6 Å². The van der Waals surface area contributed by atoms with Crippen molar-refractivity contribution in [1.29, 1.82) is 0 Å². The van der Waals surface area contributed by atoms with Gasteiger partial charge in [0.1, 0.15) is 0 Å². The highest BCUT2D eigenvalue weighted by atomic mass is 15.1. The van der Waals surface area contributed by atoms with Crippen LogP contribution in [0.2, 0.25) is 0 Å². The average Bonchev–Trinajstić information content (AvgIpc) is 3.20. The molecule has 0 atom stereocenters. The van der Waals surface area contributed by atoms with E-state index in [4.69, 9.17) is 0 Å². The van der Waals surface area contributed by atoms with E-state index in [1.54, 1.807) is 5.56 Å². The van der Waals surface area contributed by atoms with Crippen molar-refractivity contribution < 1.29 is 0 Å². The number of hydrogen-bond acceptors (Lipinski definition) is 2. The lowest BCUT2D eigenvalue weighted by molar-refractivity contribution is 0.161. The van der Waals surface area contributed by atoms with Gasteiger partial charge in [0, 0.05) is 32.2 Å². The number of benzene rings is 1. The molecule has 0 radical (unpaired) electrons. The second kappa shape index (κ2) is 5.26. The Kier molecular flexibility index (Phi) is 3.64. The lowest BCUT2D eigenvalue weighted by atomic mass is 9.90. The third-order valence-corrected chi connectivity index (χ3v) is 4.31. The van der Waals surface area contributed by atoms with Gasteiger partial charge in [0.15, 0.2) is 0 Å². The van der Waals surface area contributed by atoms with Gasteiger partial charge in [-0.2, -0.15) is 0 Å². The summed E-state index contributed by atoms with van der Waals surface area (Å²) in [5, 5.41) is 3.68. The number of nitrogens with one attached hydrogen (secondary N) is 1. The van der Waals surface area contributed by atoms with Crippen LogP contribution in [0.5, 0.6) is 0 Å². The molecule has 19 heavy (non-hydrogen) atoms. The van der Waals surface area contributed by atoms with Crippen LogP contribution in [0.25, 0.3) is 0 Å². The highest BCUT2D eigenvalue weighted by molar-refractivity contribution is 5.29. The van der Waals surface area contributed by atoms with Crippen molar-refractivity contribution in [3.05, 3.63) is 35.4 Å². The van der Waals surface area contributed by atoms with E-state index < -0.39 is 0 Å². The molecule has 1 aliphatic carbocycles. The molecular formula is C17H26N2. The third kappa shape index (κ3) is 3.58. The minimum absolute atomic E-state index is 0.370. The first-order valence-electron chi connectivity index (χ1n) is 7.65. The van der Waals surface area contributed by atoms with Crippen molar-refractivity contribution in [2.75, 3.05) is 19.6 Å². The van der Waals surface area contributed by atoms with Gasteiger partial charge in [0.25, 0.3) is 0 Å². The molecule has 1 fully saturated rings. The SMILES string of the molecule is CC(C)(CNC1CC1)CN1CCc2ccccc2C1. The molecule has 0 bridgehead atoms. The summed E-state index contributed by atoms with van der Waals surface area (Å²) in [7, 11) is 0. The highest BCUT2D eigenvalue weighted by Gasteiger charge is 2.27. The van der Waals surface area contributed by atoms with Crippen LogP contribution in [-0.2, 0) is 13.0 Å². The van der Waals surface area contributed by atoms with Gasteiger partial charge in [-0.1, -0.05) is 38.1 Å². The largest absolute Gasteiger partial charge is 0.313 e. The topological polar surface area (TPSA) is 15.3 Å². The molecule has 104 valence electrons. The van der Waals surface area contributed by atoms with Gasteiger partial charge < -0.3 is 5.32 Å². The maximum absolute atomic E-state index is 3.68. The standard InChI is InChI=1S/C17H26N2/c1-17(2,12-18-16-7-8-16)13-19-10-9-14-5-3-4-6-15(14)11-19/h3-6,16,18H,7-13H2,1-2H3. The van der Waals surface area contributed by atoms with Crippen molar-refractivity contribution in [2.24, 2.45) is 5.41 Å². The maximum atomic E-state index is 3.68. The van der Waals surface area contributed by atoms with Crippen LogP contribution in [0.15, 0.2) is 24.3 Å². The minimum atomic E-state index is 0.370. The Morgan fingerprint density at radius 3 is 2.68 bits per heavy atom. The van der Waals surface area contributed by atoms with Crippen LogP contribution in [0.3, 0.4) is 0 Å². The van der Waals surface area contributed by atoms with Crippen molar-refractivity contribution in [3.63, 3.8) is 0 Å². The van der Waals surface area contributed by atoms with Crippen LogP contribution in [0.4, 0.5) is 0 Å². The van der Waals surface area contributed by atoms with E-state index in [1.165, 1.54) is 37.9 Å². The first kappa shape index (κ1) is 13.1. The molecule has 2 heteroatoms. The van der Waals surface area contributed by atoms with Crippen LogP contribution >= 0.6 is 0 Å². The zero-order chi connectivity index (χ0) is 13.3. The molecule has 3 rings (SSSR count). The molecule has 0 saturated heterocycles. The van der Waals surface area contributed by atoms with Crippen LogP contribution < -0.4 is 5.32 Å². The van der Waals surface area contributed by atoms with E-state index in [0.717, 1.165) is 19.1 Å². The van der Waals surface area contributed by atoms with Gasteiger partial charge in [-0.25, -0.2) is 0 Å². The van der Waals surface area contributed by atoms with Crippen LogP contribution in [0.1, 0.15) is 37.8 Å². The summed E-state index contributed by atoms with van der Waals surface area (Å²) in [6, 6.07) is 9.73. The van der Waals surface area contributed by atoms with Gasteiger partial charge in [-0.15, -0.1) is 0 Å². The summed E-state index contributed by atoms with van der Waals surface area (Å²) in [5.74, 6) is 0. The number of nitrogens with zero attached hydrogens (tertiary/aromatic N) is 1. The molecule has 0 aromatic heterocycles. The van der Waals surface area contributed by atoms with E-state index in [1.807, 2.05) is 0 Å². The highest BCUT2D eigenvalue weighted by Crippen LogP contribution is 2.25. The normalized spacial score (nSPS) is 20.3. The van der Waals surface area contributed by atoms with E-state index in [-0.39, 0.29) is 0 Å². The molecule has 1 aromatic rings. The minimum Gasteiger partial charge on any atom is -0.313 e. The van der Waals surface area contributed by atoms with Crippen molar-refractivity contribution in [2.45, 2.75) is 45.7 Å². The Morgan fingerprint density at radius 2 is 1.95 bits per heavy atom. The lowest BCUT2D eigenvalue weighted by Gasteiger charge is -2.36. The zero-order valence-corrected chi connectivity index (χ0v) is 12.3. The van der Waals surface area contributed by atoms with Crippen molar-refractivity contribution in [3.8, 4) is 0 Å². The molecule has 2 aliphatic rings. The van der Waals surface area contributed by atoms with E-state index in [9.17, 15) is 0 Å². The van der Waals surface area contributed by atoms with E-state index in [0.29, 0.717) is 5.41 Å². The first-order valence-corrected chi connectivity index (χ1v) is 7.65. The predicted molar refractivity (Wildman–Crippen MR) is 80.2 cm³/mol. The van der Waals surface area contributed by atoms with Crippen molar-refractivity contribution in [1.82, 2.24) is 10.2 Å². The third-order valence-electron chi connectivity index (χ3n) is 4.31. The van der Waals surface area contributed by atoms with Gasteiger partial charge in [-0.3, -0.25) is 4.90 Å². The first-order chi connectivity index (χ1) is 9.12. The predicted octanol–water partition coefficient (Wildman–Crippen LogP) is 2.82. The summed E-state index contributed by atoms with van der Waals surface area (Å²) in [5.41, 5.74) is 3.45. The summed E-state index contributed by atoms with van der Waals surface area (Å²) in [4.78, 5) is 2.62. The molecule has 1 aliphatic heterocycles. The summed E-state index contributed by atoms with van der Waals surface area (Å²) >= 11 is 0. The Hall–Kier alpha value is -0.860. The fourth-order valence-electron chi connectivity index (χ4n) is 3.06. The number of fused-ring (bicyclic) bond motifs is 1. The number of rotatable bonds is 5. The van der Waals surface area contributed by atoms with Gasteiger partial charge in [0.05, 0.1) is 0 Å². The van der Waals surface area contributed by atoms with Gasteiger partial charge in [-0.05, 0) is 35.8 Å². The summed E-state index contributed by atoms with van der Waals surface area (Å²) in [6.45, 7) is 9.47. The molecule has 0 spiro atoms. The second-order valence-electron chi connectivity index (χ2n) is 7.05. The van der Waals surface area contributed by atoms with E-state index in [2.05, 4.69) is 48.3 Å². The fraction of sp³-hybridized carbons (Fsp3) is 0.647. The lowest BCUT2D eigenvalue weighted by Crippen LogP contribution is -2.42. The Labute approximate surface area is 117 Å². The Balaban J connectivity index is 1.55. The quantitative estimate of drug-likeness (QED) is 0.873. The van der Waals surface area contributed by atoms with Crippen molar-refractivity contribution >= 4 is 0 Å². The molecule has 1 aromatic carbocycles. The summed E-state index contributed by atoms with van der Waals surface area (Å²) in [6.07, 6.45) is 3.97. The number of hydrogen-bond donors (Lipinski definition) is 1. The fourth-order valence-corrected chi connectivity index (χ4v) is 3.06. The smallest absolute Gasteiger partial charge is 0.0236 e. The molecule has 1 saturated carbocycles. The molecular weight excluding hydrogens is 232 g/mol. The second-order valence-corrected chi connectivity index (χ2v) is 7.05. The molecule has 0 unspecified atom stereocenters. The summed E-state index contributed by atoms with van der Waals surface area (Å²) < 4.78 is 0. The molecule has 1 N–H and O–H groups in total. The van der Waals surface area contributed by atoms with Gasteiger partial charge in [0.2, 0.25) is 0 Å². The zero-order valence-electron chi connectivity index (χ0n) is 12.3. The van der Waals surface area contributed by atoms with Gasteiger partial charge >= 0.3 is 0 Å². The Bertz CT molecular complexity index is 435. The molecule has 2 nitrogen and oxygen atoms in total. The van der Waals surface area contributed by atoms with E-state index >= 15 is 0 Å². The molecule has 1 heterocycles. The average molecular weight is 258 g/mol. The van der Waals surface area contributed by atoms with Crippen LogP contribution in [0, 0.1) is 5.41 Å². The monoisotopic (exact) mass is 258 g/mol. The molecule has 0 amide bonds. The maximum Gasteiger partial charge on any atom is 0.0236 e.